The monoisotopic (exact) mass is 346 g/mol. The van der Waals surface area contributed by atoms with E-state index in [1.165, 1.54) is 25.7 Å². The summed E-state index contributed by atoms with van der Waals surface area (Å²) in [6, 6.07) is 3.87. The number of hydrogen-bond donors (Lipinski definition) is 1. The molecule has 0 aliphatic carbocycles. The molecule has 0 spiro atoms. The number of nitrogens with one attached hydrogen (secondary N) is 1. The van der Waals surface area contributed by atoms with Crippen LogP contribution in [-0.4, -0.2) is 68.3 Å². The van der Waals surface area contributed by atoms with Crippen molar-refractivity contribution in [1.82, 2.24) is 15.2 Å². The van der Waals surface area contributed by atoms with Crippen LogP contribution in [-0.2, 0) is 4.74 Å². The number of rotatable bonds is 6. The molecule has 1 N–H and O–H groups in total. The number of amides is 1. The van der Waals surface area contributed by atoms with Gasteiger partial charge in [0, 0.05) is 38.9 Å². The number of morpholine rings is 1. The summed E-state index contributed by atoms with van der Waals surface area (Å²) < 4.78 is 5.34. The Labute approximate surface area is 150 Å². The van der Waals surface area contributed by atoms with E-state index in [1.807, 2.05) is 12.1 Å². The summed E-state index contributed by atoms with van der Waals surface area (Å²) in [5, 5.41) is 3.00. The third-order valence-corrected chi connectivity index (χ3v) is 4.98. The zero-order valence-corrected chi connectivity index (χ0v) is 15.1. The van der Waals surface area contributed by atoms with Crippen molar-refractivity contribution in [2.45, 2.75) is 32.1 Å². The molecule has 0 aromatic carbocycles. The number of aromatic nitrogens is 1. The molecule has 0 radical (unpaired) electrons. The largest absolute Gasteiger partial charge is 0.379 e. The fraction of sp³-hybridized carbons (Fsp3) is 0.684. The first-order valence-electron chi connectivity index (χ1n) is 9.62. The summed E-state index contributed by atoms with van der Waals surface area (Å²) in [6.07, 6.45) is 7.74. The van der Waals surface area contributed by atoms with Crippen molar-refractivity contribution in [3.8, 4) is 0 Å². The lowest BCUT2D eigenvalue weighted by Crippen LogP contribution is -2.38. The number of carbonyl (C=O) groups is 1. The van der Waals surface area contributed by atoms with Crippen LogP contribution in [0.3, 0.4) is 0 Å². The molecule has 0 atom stereocenters. The third-order valence-electron chi connectivity index (χ3n) is 4.98. The Hall–Kier alpha value is -1.66. The maximum atomic E-state index is 12.2. The number of carbonyl (C=O) groups excluding carboxylic acids is 1. The van der Waals surface area contributed by atoms with E-state index < -0.39 is 0 Å². The predicted molar refractivity (Wildman–Crippen MR) is 99.1 cm³/mol. The second-order valence-corrected chi connectivity index (χ2v) is 6.87. The van der Waals surface area contributed by atoms with Crippen molar-refractivity contribution < 1.29 is 9.53 Å². The Balaban J connectivity index is 1.40. The molecule has 3 rings (SSSR count). The third kappa shape index (κ3) is 5.68. The highest BCUT2D eigenvalue weighted by Gasteiger charge is 2.13. The summed E-state index contributed by atoms with van der Waals surface area (Å²) in [6.45, 7) is 7.48. The van der Waals surface area contributed by atoms with Gasteiger partial charge in [-0.3, -0.25) is 9.69 Å². The molecule has 0 unspecified atom stereocenters. The standard InChI is InChI=1S/C19H30N4O2/c24-19(20-8-5-9-22-12-14-25-15-13-22)17-6-7-18(21-16-17)23-10-3-1-2-4-11-23/h6-7,16H,1-5,8-15H2,(H,20,24). The van der Waals surface area contributed by atoms with Crippen LogP contribution in [0, 0.1) is 0 Å². The van der Waals surface area contributed by atoms with Crippen LogP contribution in [0.25, 0.3) is 0 Å². The van der Waals surface area contributed by atoms with Gasteiger partial charge in [-0.1, -0.05) is 12.8 Å². The van der Waals surface area contributed by atoms with E-state index in [4.69, 9.17) is 4.74 Å². The summed E-state index contributed by atoms with van der Waals surface area (Å²) in [5.41, 5.74) is 0.643. The van der Waals surface area contributed by atoms with E-state index in [0.29, 0.717) is 12.1 Å². The van der Waals surface area contributed by atoms with E-state index in [2.05, 4.69) is 20.1 Å². The van der Waals surface area contributed by atoms with Crippen LogP contribution in [0.4, 0.5) is 5.82 Å². The molecule has 1 amide bonds. The first-order chi connectivity index (χ1) is 12.3. The molecule has 2 saturated heterocycles. The van der Waals surface area contributed by atoms with Crippen molar-refractivity contribution in [2.24, 2.45) is 0 Å². The van der Waals surface area contributed by atoms with Gasteiger partial charge in [0.2, 0.25) is 0 Å². The number of anilines is 1. The Bertz CT molecular complexity index is 521. The van der Waals surface area contributed by atoms with Gasteiger partial charge in [0.1, 0.15) is 5.82 Å². The highest BCUT2D eigenvalue weighted by Crippen LogP contribution is 2.17. The van der Waals surface area contributed by atoms with Gasteiger partial charge in [-0.2, -0.15) is 0 Å². The van der Waals surface area contributed by atoms with Gasteiger partial charge in [0.25, 0.3) is 5.91 Å². The van der Waals surface area contributed by atoms with Gasteiger partial charge in [-0.25, -0.2) is 4.98 Å². The molecule has 2 aliphatic heterocycles. The average Bonchev–Trinajstić information content (AvgIpc) is 2.95. The van der Waals surface area contributed by atoms with Gasteiger partial charge >= 0.3 is 0 Å². The molecule has 0 bridgehead atoms. The molecule has 0 saturated carbocycles. The van der Waals surface area contributed by atoms with Crippen molar-refractivity contribution in [1.29, 1.82) is 0 Å². The maximum absolute atomic E-state index is 12.2. The van der Waals surface area contributed by atoms with Crippen LogP contribution in [0.1, 0.15) is 42.5 Å². The van der Waals surface area contributed by atoms with Crippen LogP contribution < -0.4 is 10.2 Å². The molecule has 2 aliphatic rings. The zero-order valence-electron chi connectivity index (χ0n) is 15.1. The molecular weight excluding hydrogens is 316 g/mol. The summed E-state index contributed by atoms with van der Waals surface area (Å²) in [4.78, 5) is 21.5. The Morgan fingerprint density at radius 1 is 1.08 bits per heavy atom. The Kier molecular flexibility index (Phi) is 7.06. The second kappa shape index (κ2) is 9.73. The van der Waals surface area contributed by atoms with E-state index in [-0.39, 0.29) is 5.91 Å². The number of nitrogens with zero attached hydrogens (tertiary/aromatic N) is 3. The predicted octanol–water partition coefficient (Wildman–Crippen LogP) is 1.91. The van der Waals surface area contributed by atoms with Crippen molar-refractivity contribution in [3.05, 3.63) is 23.9 Å². The lowest BCUT2D eigenvalue weighted by molar-refractivity contribution is 0.0374. The van der Waals surface area contributed by atoms with E-state index in [9.17, 15) is 4.79 Å². The molecule has 3 heterocycles. The van der Waals surface area contributed by atoms with Crippen molar-refractivity contribution >= 4 is 11.7 Å². The maximum Gasteiger partial charge on any atom is 0.252 e. The SMILES string of the molecule is O=C(NCCCN1CCOCC1)c1ccc(N2CCCCCC2)nc1. The highest BCUT2D eigenvalue weighted by atomic mass is 16.5. The van der Waals surface area contributed by atoms with Gasteiger partial charge in [0.05, 0.1) is 18.8 Å². The minimum absolute atomic E-state index is 0.0307. The van der Waals surface area contributed by atoms with Crippen LogP contribution in [0.15, 0.2) is 18.3 Å². The molecule has 6 heteroatoms. The van der Waals surface area contributed by atoms with Crippen LogP contribution in [0.5, 0.6) is 0 Å². The fourth-order valence-corrected chi connectivity index (χ4v) is 3.44. The average molecular weight is 346 g/mol. The van der Waals surface area contributed by atoms with E-state index >= 15 is 0 Å². The molecule has 25 heavy (non-hydrogen) atoms. The molecule has 6 nitrogen and oxygen atoms in total. The second-order valence-electron chi connectivity index (χ2n) is 6.87. The molecule has 138 valence electrons. The smallest absolute Gasteiger partial charge is 0.252 e. The van der Waals surface area contributed by atoms with Crippen molar-refractivity contribution in [2.75, 3.05) is 57.4 Å². The molecule has 2 fully saturated rings. The van der Waals surface area contributed by atoms with Gasteiger partial charge in [-0.15, -0.1) is 0 Å². The Morgan fingerprint density at radius 3 is 2.52 bits per heavy atom. The number of hydrogen-bond acceptors (Lipinski definition) is 5. The van der Waals surface area contributed by atoms with Crippen molar-refractivity contribution in [3.63, 3.8) is 0 Å². The Morgan fingerprint density at radius 2 is 1.84 bits per heavy atom. The first kappa shape index (κ1) is 18.1. The molecule has 1 aromatic rings. The minimum atomic E-state index is -0.0307. The van der Waals surface area contributed by atoms with E-state index in [0.717, 1.165) is 58.2 Å². The number of ether oxygens (including phenoxy) is 1. The summed E-state index contributed by atoms with van der Waals surface area (Å²) >= 11 is 0. The fourth-order valence-electron chi connectivity index (χ4n) is 3.44. The summed E-state index contributed by atoms with van der Waals surface area (Å²) in [7, 11) is 0. The zero-order chi connectivity index (χ0) is 17.3. The van der Waals surface area contributed by atoms with Gasteiger partial charge in [0.15, 0.2) is 0 Å². The lowest BCUT2D eigenvalue weighted by Gasteiger charge is -2.26. The van der Waals surface area contributed by atoms with Gasteiger partial charge in [-0.05, 0) is 37.9 Å². The molecule has 1 aromatic heterocycles. The quantitative estimate of drug-likeness (QED) is 0.798. The van der Waals surface area contributed by atoms with Crippen LogP contribution in [0.2, 0.25) is 0 Å². The first-order valence-corrected chi connectivity index (χ1v) is 9.62. The minimum Gasteiger partial charge on any atom is -0.379 e. The van der Waals surface area contributed by atoms with Gasteiger partial charge < -0.3 is 15.0 Å². The highest BCUT2D eigenvalue weighted by molar-refractivity contribution is 5.94. The normalized spacial score (nSPS) is 19.4. The van der Waals surface area contributed by atoms with Crippen LogP contribution >= 0.6 is 0 Å². The summed E-state index contributed by atoms with van der Waals surface area (Å²) in [5.74, 6) is 0.961. The number of pyridine rings is 1. The lowest BCUT2D eigenvalue weighted by atomic mass is 10.2. The molecular formula is C19H30N4O2. The topological polar surface area (TPSA) is 57.7 Å². The van der Waals surface area contributed by atoms with E-state index in [1.54, 1.807) is 6.20 Å².